The lowest BCUT2D eigenvalue weighted by Crippen LogP contribution is -2.26. The van der Waals surface area contributed by atoms with Crippen molar-refractivity contribution in [3.8, 4) is 0 Å². The normalized spacial score (nSPS) is 11.0. The molecule has 0 saturated heterocycles. The number of nitrogens with two attached hydrogens (primary N) is 1. The summed E-state index contributed by atoms with van der Waals surface area (Å²) in [5.74, 6) is 0. The van der Waals surface area contributed by atoms with Gasteiger partial charge in [-0.05, 0) is 30.3 Å². The molecular formula is C20H17ClN4O. The zero-order valence-electron chi connectivity index (χ0n) is 13.8. The fourth-order valence-corrected chi connectivity index (χ4v) is 2.57. The number of nitrogens with one attached hydrogen (secondary N) is 2. The monoisotopic (exact) mass is 364 g/mol. The van der Waals surface area contributed by atoms with Crippen LogP contribution in [0.25, 0.3) is 0 Å². The second-order valence-corrected chi connectivity index (χ2v) is 5.93. The van der Waals surface area contributed by atoms with Gasteiger partial charge in [0.2, 0.25) is 0 Å². The largest absolute Gasteiger partial charge is 0.398 e. The van der Waals surface area contributed by atoms with Crippen LogP contribution in [0.15, 0.2) is 84.0 Å². The molecular weight excluding hydrogens is 348 g/mol. The average Bonchev–Trinajstić information content (AvgIpc) is 2.66. The van der Waals surface area contributed by atoms with Gasteiger partial charge < -0.3 is 11.1 Å². The van der Waals surface area contributed by atoms with Crippen LogP contribution in [-0.4, -0.2) is 11.7 Å². The number of para-hydroxylation sites is 1. The molecule has 0 aliphatic rings. The number of anilines is 2. The van der Waals surface area contributed by atoms with E-state index >= 15 is 0 Å². The van der Waals surface area contributed by atoms with Crippen molar-refractivity contribution in [1.82, 2.24) is 5.43 Å². The Kier molecular flexibility index (Phi) is 5.51. The van der Waals surface area contributed by atoms with Crippen LogP contribution < -0.4 is 16.5 Å². The third-order valence-electron chi connectivity index (χ3n) is 3.62. The van der Waals surface area contributed by atoms with Crippen molar-refractivity contribution in [1.29, 1.82) is 0 Å². The number of urea groups is 1. The first-order valence-electron chi connectivity index (χ1n) is 7.94. The van der Waals surface area contributed by atoms with Crippen LogP contribution in [-0.2, 0) is 0 Å². The summed E-state index contributed by atoms with van der Waals surface area (Å²) in [6.45, 7) is 0. The van der Waals surface area contributed by atoms with E-state index in [9.17, 15) is 4.79 Å². The van der Waals surface area contributed by atoms with Crippen molar-refractivity contribution in [2.24, 2.45) is 5.10 Å². The second-order valence-electron chi connectivity index (χ2n) is 5.49. The number of amides is 2. The molecule has 26 heavy (non-hydrogen) atoms. The number of hydrazone groups is 1. The number of halogens is 1. The van der Waals surface area contributed by atoms with Crippen LogP contribution in [0.4, 0.5) is 16.2 Å². The Morgan fingerprint density at radius 3 is 2.27 bits per heavy atom. The number of nitrogen functional groups attached to an aromatic ring is 1. The number of rotatable bonds is 4. The molecule has 5 nitrogen and oxygen atoms in total. The molecule has 3 rings (SSSR count). The summed E-state index contributed by atoms with van der Waals surface area (Å²) in [4.78, 5) is 12.1. The zero-order valence-corrected chi connectivity index (χ0v) is 14.6. The second kappa shape index (κ2) is 8.18. The van der Waals surface area contributed by atoms with Gasteiger partial charge in [0.15, 0.2) is 0 Å². The van der Waals surface area contributed by atoms with Crippen molar-refractivity contribution in [3.63, 3.8) is 0 Å². The molecule has 0 bridgehead atoms. The first-order valence-corrected chi connectivity index (χ1v) is 8.32. The van der Waals surface area contributed by atoms with E-state index in [4.69, 9.17) is 17.3 Å². The summed E-state index contributed by atoms with van der Waals surface area (Å²) >= 11 is 6.11. The number of hydrogen-bond donors (Lipinski definition) is 3. The van der Waals surface area contributed by atoms with E-state index in [1.807, 2.05) is 48.5 Å². The highest BCUT2D eigenvalue weighted by atomic mass is 35.5. The van der Waals surface area contributed by atoms with Gasteiger partial charge in [-0.3, -0.25) is 0 Å². The minimum absolute atomic E-state index is 0.453. The van der Waals surface area contributed by atoms with Crippen molar-refractivity contribution in [2.75, 3.05) is 11.1 Å². The van der Waals surface area contributed by atoms with Gasteiger partial charge in [-0.15, -0.1) is 0 Å². The number of hydrogen-bond acceptors (Lipinski definition) is 3. The van der Waals surface area contributed by atoms with Gasteiger partial charge in [-0.2, -0.15) is 5.10 Å². The lowest BCUT2D eigenvalue weighted by atomic mass is 10.0. The number of benzene rings is 3. The maximum Gasteiger partial charge on any atom is 0.339 e. The Balaban J connectivity index is 1.89. The van der Waals surface area contributed by atoms with Gasteiger partial charge >= 0.3 is 6.03 Å². The van der Waals surface area contributed by atoms with E-state index in [0.717, 1.165) is 5.56 Å². The van der Waals surface area contributed by atoms with E-state index < -0.39 is 6.03 Å². The SMILES string of the molecule is Nc1ccc(Cl)cc1/C(=N\NC(=O)Nc1ccccc1)c1ccccc1. The minimum Gasteiger partial charge on any atom is -0.398 e. The molecule has 4 N–H and O–H groups in total. The third-order valence-corrected chi connectivity index (χ3v) is 3.85. The first-order chi connectivity index (χ1) is 12.6. The summed E-state index contributed by atoms with van der Waals surface area (Å²) in [6, 6.07) is 23.2. The standard InChI is InChI=1S/C20H17ClN4O/c21-15-11-12-18(22)17(13-15)19(14-7-3-1-4-8-14)24-25-20(26)23-16-9-5-2-6-10-16/h1-13H,22H2,(H2,23,25,26)/b24-19-. The van der Waals surface area contributed by atoms with Crippen LogP contribution >= 0.6 is 11.6 Å². The summed E-state index contributed by atoms with van der Waals surface area (Å²) in [6.07, 6.45) is 0. The zero-order chi connectivity index (χ0) is 18.4. The molecule has 0 aliphatic heterocycles. The number of carbonyl (C=O) groups excluding carboxylic acids is 1. The highest BCUT2D eigenvalue weighted by Gasteiger charge is 2.12. The lowest BCUT2D eigenvalue weighted by Gasteiger charge is -2.11. The van der Waals surface area contributed by atoms with Gasteiger partial charge in [0.05, 0.1) is 0 Å². The topological polar surface area (TPSA) is 79.5 Å². The molecule has 0 atom stereocenters. The van der Waals surface area contributed by atoms with E-state index in [1.165, 1.54) is 0 Å². The highest BCUT2D eigenvalue weighted by molar-refractivity contribution is 6.31. The first kappa shape index (κ1) is 17.5. The Morgan fingerprint density at radius 1 is 0.923 bits per heavy atom. The van der Waals surface area contributed by atoms with Crippen LogP contribution in [0.3, 0.4) is 0 Å². The molecule has 0 radical (unpaired) electrons. The van der Waals surface area contributed by atoms with Crippen molar-refractivity contribution >= 4 is 34.7 Å². The van der Waals surface area contributed by atoms with E-state index in [1.54, 1.807) is 30.3 Å². The molecule has 0 fully saturated rings. The lowest BCUT2D eigenvalue weighted by molar-refractivity contribution is 0.252. The van der Waals surface area contributed by atoms with Crippen molar-refractivity contribution in [2.45, 2.75) is 0 Å². The molecule has 3 aromatic rings. The fourth-order valence-electron chi connectivity index (χ4n) is 2.40. The van der Waals surface area contributed by atoms with E-state index in [2.05, 4.69) is 15.8 Å². The molecule has 0 aromatic heterocycles. The number of carbonyl (C=O) groups is 1. The van der Waals surface area contributed by atoms with Crippen LogP contribution in [0.5, 0.6) is 0 Å². The smallest absolute Gasteiger partial charge is 0.339 e. The predicted octanol–water partition coefficient (Wildman–Crippen LogP) is 4.50. The molecule has 0 unspecified atom stereocenters. The number of nitrogens with zero attached hydrogens (tertiary/aromatic N) is 1. The van der Waals surface area contributed by atoms with Gasteiger partial charge in [-0.1, -0.05) is 60.1 Å². The molecule has 0 saturated carbocycles. The molecule has 3 aromatic carbocycles. The highest BCUT2D eigenvalue weighted by Crippen LogP contribution is 2.21. The predicted molar refractivity (Wildman–Crippen MR) is 107 cm³/mol. The van der Waals surface area contributed by atoms with E-state index in [-0.39, 0.29) is 0 Å². The Morgan fingerprint density at radius 2 is 1.58 bits per heavy atom. The molecule has 0 spiro atoms. The van der Waals surface area contributed by atoms with Gasteiger partial charge in [0.1, 0.15) is 5.71 Å². The van der Waals surface area contributed by atoms with Gasteiger partial charge in [0, 0.05) is 27.5 Å². The average molecular weight is 365 g/mol. The molecule has 6 heteroatoms. The molecule has 2 amide bonds. The summed E-state index contributed by atoms with van der Waals surface area (Å²) in [7, 11) is 0. The molecule has 0 heterocycles. The van der Waals surface area contributed by atoms with Crippen LogP contribution in [0.2, 0.25) is 5.02 Å². The Bertz CT molecular complexity index is 927. The minimum atomic E-state index is -0.453. The molecule has 130 valence electrons. The Labute approximate surface area is 156 Å². The van der Waals surface area contributed by atoms with E-state index in [0.29, 0.717) is 27.7 Å². The fraction of sp³-hybridized carbons (Fsp3) is 0. The Hall–Kier alpha value is -3.31. The third kappa shape index (κ3) is 4.40. The van der Waals surface area contributed by atoms with Crippen LogP contribution in [0.1, 0.15) is 11.1 Å². The maximum atomic E-state index is 12.1. The van der Waals surface area contributed by atoms with Crippen LogP contribution in [0, 0.1) is 0 Å². The quantitative estimate of drug-likeness (QED) is 0.362. The van der Waals surface area contributed by atoms with Gasteiger partial charge in [-0.25, -0.2) is 10.2 Å². The summed E-state index contributed by atoms with van der Waals surface area (Å²) in [5.41, 5.74) is 11.8. The summed E-state index contributed by atoms with van der Waals surface area (Å²) < 4.78 is 0. The van der Waals surface area contributed by atoms with Crippen molar-refractivity contribution in [3.05, 3.63) is 95.0 Å². The summed E-state index contributed by atoms with van der Waals surface area (Å²) in [5, 5.41) is 7.52. The van der Waals surface area contributed by atoms with Gasteiger partial charge in [0.25, 0.3) is 0 Å². The molecule has 0 aliphatic carbocycles. The maximum absolute atomic E-state index is 12.1. The van der Waals surface area contributed by atoms with Crippen molar-refractivity contribution < 1.29 is 4.79 Å².